The Bertz CT molecular complexity index is 490. The molecule has 1 aromatic heterocycles. The maximum atomic E-state index is 12.1. The molecule has 2 heterocycles. The van der Waals surface area contributed by atoms with E-state index in [-0.39, 0.29) is 17.8 Å². The van der Waals surface area contributed by atoms with Crippen molar-refractivity contribution in [3.63, 3.8) is 0 Å². The lowest BCUT2D eigenvalue weighted by Gasteiger charge is -2.31. The van der Waals surface area contributed by atoms with Crippen LogP contribution in [0.4, 0.5) is 0 Å². The summed E-state index contributed by atoms with van der Waals surface area (Å²) in [7, 11) is 0. The minimum absolute atomic E-state index is 0.0530. The van der Waals surface area contributed by atoms with E-state index in [2.05, 4.69) is 5.10 Å². The molecule has 0 saturated carbocycles. The van der Waals surface area contributed by atoms with Gasteiger partial charge in [0, 0.05) is 32.3 Å². The third-order valence-electron chi connectivity index (χ3n) is 3.78. The van der Waals surface area contributed by atoms with Crippen LogP contribution in [0, 0.1) is 12.8 Å². The smallest absolute Gasteiger partial charge is 0.309 e. The Morgan fingerprint density at radius 2 is 2.10 bits per heavy atom. The quantitative estimate of drug-likeness (QED) is 0.769. The number of esters is 1. The number of hydrogen-bond acceptors (Lipinski definition) is 4. The van der Waals surface area contributed by atoms with Crippen molar-refractivity contribution >= 4 is 11.9 Å². The molecule has 0 aliphatic carbocycles. The van der Waals surface area contributed by atoms with Crippen molar-refractivity contribution in [2.24, 2.45) is 5.92 Å². The fourth-order valence-corrected chi connectivity index (χ4v) is 2.58. The van der Waals surface area contributed by atoms with E-state index < -0.39 is 0 Å². The Balaban J connectivity index is 1.74. The van der Waals surface area contributed by atoms with Crippen molar-refractivity contribution in [2.75, 3.05) is 19.7 Å². The van der Waals surface area contributed by atoms with Gasteiger partial charge in [0.05, 0.1) is 18.7 Å². The van der Waals surface area contributed by atoms with Crippen LogP contribution in [-0.2, 0) is 20.9 Å². The van der Waals surface area contributed by atoms with Crippen LogP contribution in [0.5, 0.6) is 0 Å². The van der Waals surface area contributed by atoms with Gasteiger partial charge in [-0.2, -0.15) is 5.10 Å². The number of aryl methyl sites for hydroxylation is 2. The van der Waals surface area contributed by atoms with Crippen LogP contribution in [0.2, 0.25) is 0 Å². The highest BCUT2D eigenvalue weighted by molar-refractivity contribution is 5.77. The van der Waals surface area contributed by atoms with E-state index in [9.17, 15) is 9.59 Å². The van der Waals surface area contributed by atoms with Gasteiger partial charge in [0.1, 0.15) is 0 Å². The summed E-state index contributed by atoms with van der Waals surface area (Å²) in [6.45, 7) is 6.09. The van der Waals surface area contributed by atoms with Crippen molar-refractivity contribution in [2.45, 2.75) is 39.7 Å². The Hall–Kier alpha value is -1.85. The van der Waals surface area contributed by atoms with E-state index in [4.69, 9.17) is 4.74 Å². The maximum Gasteiger partial charge on any atom is 0.309 e. The third kappa shape index (κ3) is 4.31. The zero-order chi connectivity index (χ0) is 15.2. The highest BCUT2D eigenvalue weighted by Gasteiger charge is 2.27. The van der Waals surface area contributed by atoms with Gasteiger partial charge in [-0.15, -0.1) is 0 Å². The van der Waals surface area contributed by atoms with Crippen molar-refractivity contribution in [3.05, 3.63) is 18.0 Å². The zero-order valence-electron chi connectivity index (χ0n) is 12.7. The molecule has 0 aromatic carbocycles. The Morgan fingerprint density at radius 1 is 1.38 bits per heavy atom. The molecule has 0 bridgehead atoms. The monoisotopic (exact) mass is 293 g/mol. The molecule has 6 nitrogen and oxygen atoms in total. The number of carbonyl (C=O) groups excluding carboxylic acids is 2. The lowest BCUT2D eigenvalue weighted by atomic mass is 9.97. The molecule has 1 amide bonds. The average Bonchev–Trinajstić information content (AvgIpc) is 2.91. The van der Waals surface area contributed by atoms with Crippen molar-refractivity contribution in [3.8, 4) is 0 Å². The molecular weight excluding hydrogens is 270 g/mol. The van der Waals surface area contributed by atoms with E-state index in [1.807, 2.05) is 24.9 Å². The normalized spacial score (nSPS) is 16.0. The van der Waals surface area contributed by atoms with Crippen molar-refractivity contribution in [1.82, 2.24) is 14.7 Å². The van der Waals surface area contributed by atoms with Crippen LogP contribution >= 0.6 is 0 Å². The van der Waals surface area contributed by atoms with Gasteiger partial charge in [0.15, 0.2) is 0 Å². The zero-order valence-corrected chi connectivity index (χ0v) is 12.7. The molecule has 6 heteroatoms. The van der Waals surface area contributed by atoms with E-state index in [0.29, 0.717) is 45.5 Å². The summed E-state index contributed by atoms with van der Waals surface area (Å²) < 4.78 is 6.82. The van der Waals surface area contributed by atoms with Crippen LogP contribution in [0.1, 0.15) is 31.7 Å². The molecule has 1 fully saturated rings. The van der Waals surface area contributed by atoms with Gasteiger partial charge in [0.25, 0.3) is 0 Å². The maximum absolute atomic E-state index is 12.1. The summed E-state index contributed by atoms with van der Waals surface area (Å²) in [4.78, 5) is 25.6. The first-order valence-corrected chi connectivity index (χ1v) is 7.53. The highest BCUT2D eigenvalue weighted by atomic mass is 16.5. The summed E-state index contributed by atoms with van der Waals surface area (Å²) in [5, 5.41) is 4.17. The first kappa shape index (κ1) is 15.5. The van der Waals surface area contributed by atoms with Crippen LogP contribution in [0.3, 0.4) is 0 Å². The van der Waals surface area contributed by atoms with E-state index in [1.165, 1.54) is 0 Å². The fraction of sp³-hybridized carbons (Fsp3) is 0.667. The predicted octanol–water partition coefficient (Wildman–Crippen LogP) is 1.38. The summed E-state index contributed by atoms with van der Waals surface area (Å²) in [5.74, 6) is -0.0511. The Kier molecular flexibility index (Phi) is 5.36. The van der Waals surface area contributed by atoms with Crippen LogP contribution in [0.25, 0.3) is 0 Å². The standard InChI is InChI=1S/C15H23N3O3/c1-3-21-15(20)13-4-7-17(8-5-13)14(19)6-9-18-11-12(2)10-16-18/h10-11,13H,3-9H2,1-2H3. The minimum atomic E-state index is -0.128. The van der Waals surface area contributed by atoms with Crippen LogP contribution in [-0.4, -0.2) is 46.3 Å². The second-order valence-electron chi connectivity index (χ2n) is 5.44. The lowest BCUT2D eigenvalue weighted by molar-refractivity contribution is -0.151. The summed E-state index contributed by atoms with van der Waals surface area (Å²) >= 11 is 0. The molecule has 0 spiro atoms. The van der Waals surface area contributed by atoms with Crippen LogP contribution < -0.4 is 0 Å². The first-order chi connectivity index (χ1) is 10.1. The number of hydrogen-bond donors (Lipinski definition) is 0. The molecule has 116 valence electrons. The second kappa shape index (κ2) is 7.24. The number of nitrogens with zero attached hydrogens (tertiary/aromatic N) is 3. The number of carbonyl (C=O) groups is 2. The number of piperidine rings is 1. The summed E-state index contributed by atoms with van der Waals surface area (Å²) in [6, 6.07) is 0. The number of aromatic nitrogens is 2. The van der Waals surface area contributed by atoms with E-state index in [0.717, 1.165) is 5.56 Å². The molecule has 0 radical (unpaired) electrons. The highest BCUT2D eigenvalue weighted by Crippen LogP contribution is 2.19. The molecule has 21 heavy (non-hydrogen) atoms. The van der Waals surface area contributed by atoms with Crippen molar-refractivity contribution in [1.29, 1.82) is 0 Å². The summed E-state index contributed by atoms with van der Waals surface area (Å²) in [5.41, 5.74) is 1.10. The fourth-order valence-electron chi connectivity index (χ4n) is 2.58. The predicted molar refractivity (Wildman–Crippen MR) is 77.5 cm³/mol. The molecule has 1 aromatic rings. The van der Waals surface area contributed by atoms with E-state index >= 15 is 0 Å². The Morgan fingerprint density at radius 3 is 2.67 bits per heavy atom. The number of ether oxygens (including phenoxy) is 1. The molecule has 0 unspecified atom stereocenters. The molecular formula is C15H23N3O3. The molecule has 1 aliphatic rings. The van der Waals surface area contributed by atoms with Gasteiger partial charge < -0.3 is 9.64 Å². The molecule has 1 aliphatic heterocycles. The number of likely N-dealkylation sites (tertiary alicyclic amines) is 1. The Labute approximate surface area is 125 Å². The molecule has 0 atom stereocenters. The van der Waals surface area contributed by atoms with Gasteiger partial charge in [-0.05, 0) is 32.3 Å². The van der Waals surface area contributed by atoms with Gasteiger partial charge in [0.2, 0.25) is 5.91 Å². The van der Waals surface area contributed by atoms with Gasteiger partial charge in [-0.3, -0.25) is 14.3 Å². The van der Waals surface area contributed by atoms with Gasteiger partial charge >= 0.3 is 5.97 Å². The molecule has 2 rings (SSSR count). The molecule has 0 N–H and O–H groups in total. The van der Waals surface area contributed by atoms with Gasteiger partial charge in [-0.1, -0.05) is 0 Å². The lowest BCUT2D eigenvalue weighted by Crippen LogP contribution is -2.40. The topological polar surface area (TPSA) is 64.4 Å². The third-order valence-corrected chi connectivity index (χ3v) is 3.78. The van der Waals surface area contributed by atoms with Crippen LogP contribution in [0.15, 0.2) is 12.4 Å². The minimum Gasteiger partial charge on any atom is -0.466 e. The first-order valence-electron chi connectivity index (χ1n) is 7.53. The average molecular weight is 293 g/mol. The number of amides is 1. The SMILES string of the molecule is CCOC(=O)C1CCN(C(=O)CCn2cc(C)cn2)CC1. The number of rotatable bonds is 5. The van der Waals surface area contributed by atoms with Gasteiger partial charge in [-0.25, -0.2) is 0 Å². The van der Waals surface area contributed by atoms with E-state index in [1.54, 1.807) is 10.9 Å². The van der Waals surface area contributed by atoms with Crippen molar-refractivity contribution < 1.29 is 14.3 Å². The summed E-state index contributed by atoms with van der Waals surface area (Å²) in [6.07, 6.45) is 5.57. The largest absolute Gasteiger partial charge is 0.466 e. The molecule has 1 saturated heterocycles. The second-order valence-corrected chi connectivity index (χ2v) is 5.44.